The fourth-order valence-corrected chi connectivity index (χ4v) is 17.0. The molecule has 0 radical (unpaired) electrons. The summed E-state index contributed by atoms with van der Waals surface area (Å²) < 4.78 is 0. The van der Waals surface area contributed by atoms with E-state index in [1.165, 1.54) is 38.6 Å². The van der Waals surface area contributed by atoms with Gasteiger partial charge in [-0.25, -0.2) is 0 Å². The van der Waals surface area contributed by atoms with Gasteiger partial charge in [0.15, 0.2) is 0 Å². The van der Waals surface area contributed by atoms with Gasteiger partial charge in [0.2, 0.25) is 5.91 Å². The van der Waals surface area contributed by atoms with Gasteiger partial charge in [-0.2, -0.15) is 0 Å². The van der Waals surface area contributed by atoms with Gasteiger partial charge in [0.1, 0.15) is 0 Å². The van der Waals surface area contributed by atoms with Crippen molar-refractivity contribution in [3.05, 3.63) is 51.6 Å². The number of nitrogens with two attached hydrogens (primary N) is 1. The van der Waals surface area contributed by atoms with E-state index < -0.39 is 15.2 Å². The third kappa shape index (κ3) is 2.20. The largest absolute Gasteiger partial charge is 0.366 e. The lowest BCUT2D eigenvalue weighted by Crippen LogP contribution is -2.64. The Bertz CT molecular complexity index is 1060. The minimum absolute atomic E-state index is 0.263. The van der Waals surface area contributed by atoms with E-state index in [-0.39, 0.29) is 5.91 Å². The first-order chi connectivity index (χ1) is 12.5. The molecule has 0 unspecified atom stereocenters. The van der Waals surface area contributed by atoms with Gasteiger partial charge in [-0.1, -0.05) is 66.8 Å². The van der Waals surface area contributed by atoms with Crippen LogP contribution >= 0.6 is 0 Å². The molecule has 1 amide bonds. The van der Waals surface area contributed by atoms with Crippen LogP contribution in [0.15, 0.2) is 23.8 Å². The zero-order valence-electron chi connectivity index (χ0n) is 17.5. The van der Waals surface area contributed by atoms with Crippen LogP contribution in [0.25, 0.3) is 17.2 Å². The van der Waals surface area contributed by atoms with E-state index in [1.54, 1.807) is 5.19 Å². The SMILES string of the molecule is CC1=Cc2c(cccc2-c2c(C)c3c(C)c(c2C(N)=O)[Si](C)(C)[Si]3(C)C)C1. The average Bonchev–Trinajstić information content (AvgIpc) is 2.97. The fourth-order valence-electron chi connectivity index (χ4n) is 5.71. The number of carbonyl (C=O) groups is 1. The Hall–Kier alpha value is -1.92. The molecule has 2 aromatic carbocycles. The molecule has 2 aliphatic rings. The standard InChI is InChI=1S/C23H29NOSi2/c1-13-11-16-9-8-10-17(18(16)12-13)19-14(2)21-15(3)22(20(19)23(24)25)27(6,7)26(21,4)5/h8-10,12H,11H2,1-7H3,(H2,24,25). The third-order valence-electron chi connectivity index (χ3n) is 7.38. The fraction of sp³-hybridized carbons (Fsp3) is 0.348. The number of hydrogen-bond donors (Lipinski definition) is 1. The van der Waals surface area contributed by atoms with Gasteiger partial charge in [-0.05, 0) is 60.2 Å². The molecule has 2 nitrogen and oxygen atoms in total. The van der Waals surface area contributed by atoms with Gasteiger partial charge in [-0.3, -0.25) is 4.79 Å². The number of amides is 1. The topological polar surface area (TPSA) is 43.1 Å². The second-order valence-electron chi connectivity index (χ2n) is 9.41. The van der Waals surface area contributed by atoms with Crippen molar-refractivity contribution < 1.29 is 4.79 Å². The van der Waals surface area contributed by atoms with Crippen LogP contribution in [0.2, 0.25) is 26.2 Å². The van der Waals surface area contributed by atoms with Crippen molar-refractivity contribution >= 4 is 37.5 Å². The molecular formula is C23H29NOSi2. The molecule has 0 saturated carbocycles. The number of benzene rings is 2. The lowest BCUT2D eigenvalue weighted by molar-refractivity contribution is 0.100. The molecule has 4 rings (SSSR count). The van der Waals surface area contributed by atoms with Crippen LogP contribution in [0.3, 0.4) is 0 Å². The highest BCUT2D eigenvalue weighted by atomic mass is 29.3. The maximum atomic E-state index is 12.8. The van der Waals surface area contributed by atoms with Crippen molar-refractivity contribution in [2.45, 2.75) is 53.4 Å². The van der Waals surface area contributed by atoms with E-state index in [4.69, 9.17) is 5.73 Å². The van der Waals surface area contributed by atoms with E-state index in [0.29, 0.717) is 0 Å². The molecule has 2 bridgehead atoms. The van der Waals surface area contributed by atoms with Crippen molar-refractivity contribution in [2.75, 3.05) is 0 Å². The van der Waals surface area contributed by atoms with Crippen LogP contribution in [0, 0.1) is 13.8 Å². The average molecular weight is 392 g/mol. The van der Waals surface area contributed by atoms with E-state index in [9.17, 15) is 4.79 Å². The molecule has 0 spiro atoms. The number of hydrogen-bond acceptors (Lipinski definition) is 1. The monoisotopic (exact) mass is 391 g/mol. The Morgan fingerprint density at radius 3 is 2.22 bits per heavy atom. The molecule has 0 atom stereocenters. The van der Waals surface area contributed by atoms with Crippen molar-refractivity contribution in [2.24, 2.45) is 5.73 Å². The van der Waals surface area contributed by atoms with Gasteiger partial charge in [0.05, 0.1) is 15.2 Å². The predicted octanol–water partition coefficient (Wildman–Crippen LogP) is 3.95. The van der Waals surface area contributed by atoms with Crippen LogP contribution in [-0.2, 0) is 6.42 Å². The number of carbonyl (C=O) groups excluding carboxylic acids is 1. The quantitative estimate of drug-likeness (QED) is 0.774. The minimum atomic E-state index is -1.76. The van der Waals surface area contributed by atoms with Crippen molar-refractivity contribution in [3.63, 3.8) is 0 Å². The maximum absolute atomic E-state index is 12.8. The normalized spacial score (nSPS) is 18.4. The molecule has 1 aliphatic heterocycles. The van der Waals surface area contributed by atoms with Gasteiger partial charge in [0.25, 0.3) is 0 Å². The van der Waals surface area contributed by atoms with Crippen LogP contribution in [0.5, 0.6) is 0 Å². The summed E-state index contributed by atoms with van der Waals surface area (Å²) in [5.74, 6) is -0.263. The van der Waals surface area contributed by atoms with Crippen molar-refractivity contribution in [3.8, 4) is 11.1 Å². The second-order valence-corrected chi connectivity index (χ2v) is 24.4. The molecule has 0 aromatic heterocycles. The highest BCUT2D eigenvalue weighted by Gasteiger charge is 2.54. The summed E-state index contributed by atoms with van der Waals surface area (Å²) in [6, 6.07) is 6.52. The molecule has 1 aliphatic carbocycles. The smallest absolute Gasteiger partial charge is 0.249 e. The Balaban J connectivity index is 2.19. The molecular weight excluding hydrogens is 362 g/mol. The summed E-state index contributed by atoms with van der Waals surface area (Å²) in [7, 11) is -3.40. The molecule has 0 saturated heterocycles. The van der Waals surface area contributed by atoms with Gasteiger partial charge in [-0.15, -0.1) is 0 Å². The van der Waals surface area contributed by atoms with Crippen LogP contribution < -0.4 is 16.1 Å². The molecule has 1 heterocycles. The lowest BCUT2D eigenvalue weighted by atomic mass is 9.88. The second kappa shape index (κ2) is 5.55. The summed E-state index contributed by atoms with van der Waals surface area (Å²) in [5, 5.41) is 2.91. The van der Waals surface area contributed by atoms with Gasteiger partial charge in [0, 0.05) is 5.56 Å². The van der Waals surface area contributed by atoms with E-state index in [2.05, 4.69) is 71.2 Å². The van der Waals surface area contributed by atoms with Crippen molar-refractivity contribution in [1.82, 2.24) is 0 Å². The zero-order chi connectivity index (χ0) is 19.9. The summed E-state index contributed by atoms with van der Waals surface area (Å²) in [5.41, 5.74) is 15.8. The van der Waals surface area contributed by atoms with Crippen LogP contribution in [0.1, 0.15) is 39.5 Å². The summed E-state index contributed by atoms with van der Waals surface area (Å²) in [4.78, 5) is 12.8. The Kier molecular flexibility index (Phi) is 3.79. The van der Waals surface area contributed by atoms with Crippen LogP contribution in [0.4, 0.5) is 0 Å². The summed E-state index contributed by atoms with van der Waals surface area (Å²) in [6.07, 6.45) is 3.29. The van der Waals surface area contributed by atoms with Gasteiger partial charge < -0.3 is 5.73 Å². The molecule has 140 valence electrons. The lowest BCUT2D eigenvalue weighted by Gasteiger charge is -2.33. The van der Waals surface area contributed by atoms with Crippen molar-refractivity contribution in [1.29, 1.82) is 0 Å². The third-order valence-corrected chi connectivity index (χ3v) is 25.3. The highest BCUT2D eigenvalue weighted by Crippen LogP contribution is 2.41. The van der Waals surface area contributed by atoms with Crippen LogP contribution in [-0.4, -0.2) is 21.1 Å². The summed E-state index contributed by atoms with van der Waals surface area (Å²) in [6.45, 7) is 16.5. The minimum Gasteiger partial charge on any atom is -0.366 e. The molecule has 27 heavy (non-hydrogen) atoms. The molecule has 4 heteroatoms. The first kappa shape index (κ1) is 18.4. The maximum Gasteiger partial charge on any atom is 0.249 e. The first-order valence-corrected chi connectivity index (χ1v) is 16.8. The Morgan fingerprint density at radius 1 is 0.963 bits per heavy atom. The first-order valence-electron chi connectivity index (χ1n) is 9.77. The Labute approximate surface area is 164 Å². The predicted molar refractivity (Wildman–Crippen MR) is 121 cm³/mol. The van der Waals surface area contributed by atoms with E-state index in [1.807, 2.05) is 0 Å². The zero-order valence-corrected chi connectivity index (χ0v) is 19.5. The molecule has 2 N–H and O–H groups in total. The highest BCUT2D eigenvalue weighted by molar-refractivity contribution is 7.52. The molecule has 0 fully saturated rings. The molecule has 2 aromatic rings. The van der Waals surface area contributed by atoms with E-state index >= 15 is 0 Å². The number of rotatable bonds is 2. The number of allylic oxidation sites excluding steroid dienone is 1. The number of fused-ring (bicyclic) bond motifs is 3. The number of primary amides is 1. The summed E-state index contributed by atoms with van der Waals surface area (Å²) >= 11 is 0. The van der Waals surface area contributed by atoms with Gasteiger partial charge >= 0.3 is 0 Å². The van der Waals surface area contributed by atoms with E-state index in [0.717, 1.165) is 17.5 Å². The Morgan fingerprint density at radius 2 is 1.59 bits per heavy atom.